The molecule has 8 nitrogen and oxygen atoms in total. The molecule has 148 valence electrons. The van der Waals surface area contributed by atoms with Gasteiger partial charge in [-0.3, -0.25) is 4.79 Å². The van der Waals surface area contributed by atoms with E-state index in [2.05, 4.69) is 15.5 Å². The van der Waals surface area contributed by atoms with Crippen LogP contribution in [0.25, 0.3) is 11.4 Å². The average molecular weight is 429 g/mol. The molecule has 1 atom stereocenters. The van der Waals surface area contributed by atoms with E-state index in [1.165, 1.54) is 22.5 Å². The van der Waals surface area contributed by atoms with Crippen LogP contribution in [0.5, 0.6) is 5.75 Å². The van der Waals surface area contributed by atoms with Crippen LogP contribution in [0.15, 0.2) is 47.6 Å². The van der Waals surface area contributed by atoms with E-state index in [4.69, 9.17) is 27.4 Å². The highest BCUT2D eigenvalue weighted by atomic mass is 35.5. The van der Waals surface area contributed by atoms with Gasteiger partial charge in [-0.05, 0) is 49.4 Å². The number of thioether (sulfide) groups is 1. The Bertz CT molecular complexity index is 1080. The third-order valence-electron chi connectivity index (χ3n) is 4.02. The van der Waals surface area contributed by atoms with Crippen LogP contribution in [-0.4, -0.2) is 33.1 Å². The highest BCUT2D eigenvalue weighted by Crippen LogP contribution is 2.27. The fraction of sp³-hybridized carbons (Fsp3) is 0.158. The number of ether oxygens (including phenoxy) is 1. The van der Waals surface area contributed by atoms with Crippen molar-refractivity contribution in [2.45, 2.75) is 17.3 Å². The molecule has 0 spiro atoms. The SMILES string of the molecule is COc1ccc(-c2nnc(SC(C)C(=O)Nc3ccc(C#N)c(Cl)c3)n2N)cc1. The molecule has 2 aromatic carbocycles. The molecule has 0 saturated heterocycles. The third-order valence-corrected chi connectivity index (χ3v) is 5.39. The summed E-state index contributed by atoms with van der Waals surface area (Å²) in [5.41, 5.74) is 1.62. The smallest absolute Gasteiger partial charge is 0.237 e. The maximum absolute atomic E-state index is 12.5. The summed E-state index contributed by atoms with van der Waals surface area (Å²) in [4.78, 5) is 12.5. The second-order valence-corrected chi connectivity index (χ2v) is 7.68. The Morgan fingerprint density at radius 1 is 1.31 bits per heavy atom. The van der Waals surface area contributed by atoms with Gasteiger partial charge in [0.05, 0.1) is 22.9 Å². The summed E-state index contributed by atoms with van der Waals surface area (Å²) >= 11 is 7.17. The summed E-state index contributed by atoms with van der Waals surface area (Å²) in [5.74, 6) is 7.05. The number of nitrogen functional groups attached to an aromatic ring is 1. The van der Waals surface area contributed by atoms with Gasteiger partial charge in [0, 0.05) is 11.3 Å². The Morgan fingerprint density at radius 3 is 2.66 bits per heavy atom. The zero-order valence-corrected chi connectivity index (χ0v) is 17.2. The van der Waals surface area contributed by atoms with Crippen molar-refractivity contribution in [2.24, 2.45) is 0 Å². The average Bonchev–Trinajstić information content (AvgIpc) is 3.08. The fourth-order valence-corrected chi connectivity index (χ4v) is 3.43. The van der Waals surface area contributed by atoms with Crippen LogP contribution in [0, 0.1) is 11.3 Å². The Hall–Kier alpha value is -3.22. The summed E-state index contributed by atoms with van der Waals surface area (Å²) in [6, 6.07) is 13.9. The van der Waals surface area contributed by atoms with Gasteiger partial charge in [-0.25, -0.2) is 4.68 Å². The van der Waals surface area contributed by atoms with Crippen molar-refractivity contribution in [1.29, 1.82) is 5.26 Å². The van der Waals surface area contributed by atoms with E-state index in [0.29, 0.717) is 22.2 Å². The number of carbonyl (C=O) groups is 1. The zero-order chi connectivity index (χ0) is 21.0. The number of carbonyl (C=O) groups excluding carboxylic acids is 1. The monoisotopic (exact) mass is 428 g/mol. The predicted molar refractivity (Wildman–Crippen MR) is 112 cm³/mol. The lowest BCUT2D eigenvalue weighted by atomic mass is 10.2. The van der Waals surface area contributed by atoms with Crippen LogP contribution in [0.2, 0.25) is 5.02 Å². The lowest BCUT2D eigenvalue weighted by Gasteiger charge is -2.12. The first-order valence-electron chi connectivity index (χ1n) is 8.45. The van der Waals surface area contributed by atoms with Crippen molar-refractivity contribution in [3.8, 4) is 23.2 Å². The van der Waals surface area contributed by atoms with Gasteiger partial charge in [0.15, 0.2) is 5.82 Å². The van der Waals surface area contributed by atoms with Gasteiger partial charge in [0.1, 0.15) is 11.8 Å². The van der Waals surface area contributed by atoms with E-state index < -0.39 is 5.25 Å². The molecule has 3 rings (SSSR count). The number of methoxy groups -OCH3 is 1. The Balaban J connectivity index is 1.69. The van der Waals surface area contributed by atoms with Crippen molar-refractivity contribution in [1.82, 2.24) is 14.9 Å². The third kappa shape index (κ3) is 4.62. The fourth-order valence-electron chi connectivity index (χ4n) is 2.43. The van der Waals surface area contributed by atoms with E-state index >= 15 is 0 Å². The van der Waals surface area contributed by atoms with E-state index in [0.717, 1.165) is 11.3 Å². The molecule has 0 aliphatic rings. The normalized spacial score (nSPS) is 11.5. The minimum Gasteiger partial charge on any atom is -0.497 e. The van der Waals surface area contributed by atoms with Crippen LogP contribution in [0.1, 0.15) is 12.5 Å². The standard InChI is InChI=1S/C19H17ClN6O2S/c1-11(18(27)23-14-6-3-13(10-21)16(20)9-14)29-19-25-24-17(26(19)22)12-4-7-15(28-2)8-5-12/h3-9,11H,22H2,1-2H3,(H,23,27). The summed E-state index contributed by atoms with van der Waals surface area (Å²) < 4.78 is 6.48. The van der Waals surface area contributed by atoms with Gasteiger partial charge in [-0.2, -0.15) is 5.26 Å². The molecule has 1 heterocycles. The Morgan fingerprint density at radius 2 is 2.03 bits per heavy atom. The van der Waals surface area contributed by atoms with Gasteiger partial charge in [0.2, 0.25) is 11.1 Å². The van der Waals surface area contributed by atoms with E-state index in [1.807, 2.05) is 18.2 Å². The molecule has 0 aliphatic carbocycles. The number of aromatic nitrogens is 3. The number of nitrogens with one attached hydrogen (secondary N) is 1. The van der Waals surface area contributed by atoms with Crippen molar-refractivity contribution in [3.05, 3.63) is 53.1 Å². The molecule has 29 heavy (non-hydrogen) atoms. The molecule has 1 amide bonds. The summed E-state index contributed by atoms with van der Waals surface area (Å²) in [6.07, 6.45) is 0. The second-order valence-electron chi connectivity index (χ2n) is 5.96. The van der Waals surface area contributed by atoms with Crippen LogP contribution in [-0.2, 0) is 4.79 Å². The largest absolute Gasteiger partial charge is 0.497 e. The van der Waals surface area contributed by atoms with Gasteiger partial charge < -0.3 is 15.9 Å². The maximum atomic E-state index is 12.5. The number of hydrogen-bond acceptors (Lipinski definition) is 7. The molecule has 3 N–H and O–H groups in total. The number of amides is 1. The van der Waals surface area contributed by atoms with Crippen LogP contribution >= 0.6 is 23.4 Å². The molecule has 10 heteroatoms. The first-order chi connectivity index (χ1) is 13.9. The molecule has 0 radical (unpaired) electrons. The topological polar surface area (TPSA) is 119 Å². The molecule has 3 aromatic rings. The van der Waals surface area contributed by atoms with Crippen molar-refractivity contribution < 1.29 is 9.53 Å². The van der Waals surface area contributed by atoms with E-state index in [1.54, 1.807) is 38.3 Å². The number of nitriles is 1. The lowest BCUT2D eigenvalue weighted by molar-refractivity contribution is -0.115. The van der Waals surface area contributed by atoms with Gasteiger partial charge in [-0.1, -0.05) is 23.4 Å². The highest BCUT2D eigenvalue weighted by Gasteiger charge is 2.20. The summed E-state index contributed by atoms with van der Waals surface area (Å²) in [5, 5.41) is 20.1. The quantitative estimate of drug-likeness (QED) is 0.456. The van der Waals surface area contributed by atoms with Crippen molar-refractivity contribution >= 4 is 35.0 Å². The van der Waals surface area contributed by atoms with Gasteiger partial charge in [-0.15, -0.1) is 10.2 Å². The lowest BCUT2D eigenvalue weighted by Crippen LogP contribution is -2.23. The minimum atomic E-state index is -0.500. The minimum absolute atomic E-state index is 0.259. The number of anilines is 1. The molecule has 1 aromatic heterocycles. The van der Waals surface area contributed by atoms with E-state index in [9.17, 15) is 4.79 Å². The zero-order valence-electron chi connectivity index (χ0n) is 15.6. The molecule has 0 fully saturated rings. The summed E-state index contributed by atoms with van der Waals surface area (Å²) in [6.45, 7) is 1.73. The number of nitrogens with two attached hydrogens (primary N) is 1. The number of rotatable bonds is 6. The highest BCUT2D eigenvalue weighted by molar-refractivity contribution is 8.00. The second kappa shape index (κ2) is 8.86. The molecule has 1 unspecified atom stereocenters. The van der Waals surface area contributed by atoms with E-state index in [-0.39, 0.29) is 10.9 Å². The van der Waals surface area contributed by atoms with Gasteiger partial charge >= 0.3 is 0 Å². The number of nitrogens with zero attached hydrogens (tertiary/aromatic N) is 4. The van der Waals surface area contributed by atoms with Gasteiger partial charge in [0.25, 0.3) is 0 Å². The molecular formula is C19H17ClN6O2S. The number of hydrogen-bond donors (Lipinski definition) is 2. The summed E-state index contributed by atoms with van der Waals surface area (Å²) in [7, 11) is 1.59. The number of halogens is 1. The first-order valence-corrected chi connectivity index (χ1v) is 9.70. The van der Waals surface area contributed by atoms with Crippen LogP contribution < -0.4 is 15.9 Å². The first kappa shape index (κ1) is 20.5. The van der Waals surface area contributed by atoms with Crippen LogP contribution in [0.3, 0.4) is 0 Å². The Labute approximate surface area is 176 Å². The molecular weight excluding hydrogens is 412 g/mol. The molecule has 0 aliphatic heterocycles. The number of benzene rings is 2. The maximum Gasteiger partial charge on any atom is 0.237 e. The predicted octanol–water partition coefficient (Wildman–Crippen LogP) is 3.31. The molecule has 0 saturated carbocycles. The molecule has 0 bridgehead atoms. The Kier molecular flexibility index (Phi) is 6.26. The van der Waals surface area contributed by atoms with Crippen LogP contribution in [0.4, 0.5) is 5.69 Å². The van der Waals surface area contributed by atoms with Crippen molar-refractivity contribution in [3.63, 3.8) is 0 Å². The van der Waals surface area contributed by atoms with Crippen molar-refractivity contribution in [2.75, 3.05) is 18.3 Å².